The summed E-state index contributed by atoms with van der Waals surface area (Å²) in [5.41, 5.74) is 5.29. The van der Waals surface area contributed by atoms with Gasteiger partial charge >= 0.3 is 0 Å². The minimum absolute atomic E-state index is 0. The van der Waals surface area contributed by atoms with Crippen molar-refractivity contribution in [2.24, 2.45) is 5.73 Å². The molecular formula is C14H37N3O2. The summed E-state index contributed by atoms with van der Waals surface area (Å²) < 4.78 is 10.7. The molecule has 1 heterocycles. The van der Waals surface area contributed by atoms with Gasteiger partial charge in [0.2, 0.25) is 0 Å². The Bertz CT molecular complexity index is 148. The second-order valence-electron chi connectivity index (χ2n) is 3.61. The first kappa shape index (κ1) is 21.1. The summed E-state index contributed by atoms with van der Waals surface area (Å²) in [6.45, 7) is 16.8. The molecule has 5 heteroatoms. The molecule has 0 aromatic heterocycles. The predicted octanol–water partition coefficient (Wildman–Crippen LogP) is 1.18. The van der Waals surface area contributed by atoms with Crippen LogP contribution in [0.1, 0.15) is 29.1 Å². The summed E-state index contributed by atoms with van der Waals surface area (Å²) in [4.78, 5) is 2.41. The molecule has 0 unspecified atom stereocenters. The smallest absolute Gasteiger partial charge is 0.0701 e. The molecule has 1 rings (SSSR count). The number of ether oxygens (including phenoxy) is 2. The van der Waals surface area contributed by atoms with Gasteiger partial charge in [0.05, 0.1) is 26.4 Å². The zero-order chi connectivity index (χ0) is 14.8. The van der Waals surface area contributed by atoms with E-state index in [9.17, 15) is 0 Å². The average Bonchev–Trinajstić information content (AvgIpc) is 2.51. The fourth-order valence-corrected chi connectivity index (χ4v) is 1.53. The Morgan fingerprint density at radius 1 is 0.947 bits per heavy atom. The van der Waals surface area contributed by atoms with Crippen LogP contribution in [0.25, 0.3) is 0 Å². The lowest BCUT2D eigenvalue weighted by atomic mass is 10.4. The molecular weight excluding hydrogens is 242 g/mol. The quantitative estimate of drug-likeness (QED) is 0.654. The van der Waals surface area contributed by atoms with Crippen LogP contribution in [0.4, 0.5) is 0 Å². The van der Waals surface area contributed by atoms with Gasteiger partial charge in [0.15, 0.2) is 0 Å². The highest BCUT2D eigenvalue weighted by atomic mass is 16.5. The molecule has 0 saturated carbocycles. The Kier molecular flexibility index (Phi) is 22.4. The molecule has 0 spiro atoms. The number of piperazine rings is 1. The van der Waals surface area contributed by atoms with E-state index in [2.05, 4.69) is 10.2 Å². The fourth-order valence-electron chi connectivity index (χ4n) is 1.53. The zero-order valence-electron chi connectivity index (χ0n) is 13.4. The van der Waals surface area contributed by atoms with Gasteiger partial charge in [-0.1, -0.05) is 27.7 Å². The molecule has 1 fully saturated rings. The first-order chi connectivity index (χ1) is 9.43. The van der Waals surface area contributed by atoms with Crippen LogP contribution in [0.3, 0.4) is 0 Å². The molecule has 5 nitrogen and oxygen atoms in total. The van der Waals surface area contributed by atoms with Crippen molar-refractivity contribution in [3.63, 3.8) is 0 Å². The van der Waals surface area contributed by atoms with E-state index < -0.39 is 0 Å². The average molecular weight is 279 g/mol. The molecule has 1 aliphatic rings. The lowest BCUT2D eigenvalue weighted by molar-refractivity contribution is 0.0398. The van der Waals surface area contributed by atoms with Gasteiger partial charge in [0.25, 0.3) is 0 Å². The summed E-state index contributed by atoms with van der Waals surface area (Å²) in [6.07, 6.45) is 0. The largest absolute Gasteiger partial charge is 0.378 e. The van der Waals surface area contributed by atoms with Crippen LogP contribution in [0.2, 0.25) is 0 Å². The van der Waals surface area contributed by atoms with Crippen LogP contribution >= 0.6 is 0 Å². The van der Waals surface area contributed by atoms with Crippen molar-refractivity contribution in [3.05, 3.63) is 0 Å². The van der Waals surface area contributed by atoms with Crippen molar-refractivity contribution in [1.82, 2.24) is 10.2 Å². The lowest BCUT2D eigenvalue weighted by Gasteiger charge is -2.26. The molecule has 1 aliphatic heterocycles. The number of nitrogens with zero attached hydrogens (tertiary/aromatic N) is 1. The van der Waals surface area contributed by atoms with Crippen molar-refractivity contribution < 1.29 is 10.9 Å². The van der Waals surface area contributed by atoms with E-state index in [0.29, 0.717) is 26.4 Å². The number of nitrogens with two attached hydrogens (primary N) is 1. The minimum atomic E-state index is 0. The third kappa shape index (κ3) is 15.7. The van der Waals surface area contributed by atoms with Gasteiger partial charge in [0, 0.05) is 40.7 Å². The molecule has 0 atom stereocenters. The van der Waals surface area contributed by atoms with E-state index in [0.717, 1.165) is 39.3 Å². The minimum Gasteiger partial charge on any atom is -0.378 e. The van der Waals surface area contributed by atoms with Gasteiger partial charge in [-0.15, -0.1) is 0 Å². The van der Waals surface area contributed by atoms with Crippen LogP contribution in [0.15, 0.2) is 0 Å². The van der Waals surface area contributed by atoms with Crippen molar-refractivity contribution >= 4 is 0 Å². The number of hydrogen-bond acceptors (Lipinski definition) is 5. The van der Waals surface area contributed by atoms with Crippen molar-refractivity contribution in [3.8, 4) is 0 Å². The highest BCUT2D eigenvalue weighted by molar-refractivity contribution is 4.66. The van der Waals surface area contributed by atoms with Gasteiger partial charge in [-0.3, -0.25) is 4.90 Å². The van der Waals surface area contributed by atoms with Gasteiger partial charge in [-0.05, 0) is 0 Å². The molecule has 120 valence electrons. The third-order valence-electron chi connectivity index (χ3n) is 2.40. The van der Waals surface area contributed by atoms with Gasteiger partial charge < -0.3 is 20.5 Å². The number of nitrogens with one attached hydrogen (secondary N) is 1. The summed E-state index contributed by atoms with van der Waals surface area (Å²) in [5.74, 6) is 0. The molecule has 3 N–H and O–H groups in total. The van der Waals surface area contributed by atoms with Crippen LogP contribution < -0.4 is 11.1 Å². The molecule has 0 aromatic rings. The van der Waals surface area contributed by atoms with Crippen LogP contribution in [-0.4, -0.2) is 70.6 Å². The Labute approximate surface area is 121 Å². The predicted molar refractivity (Wildman–Crippen MR) is 84.8 cm³/mol. The van der Waals surface area contributed by atoms with Crippen LogP contribution in [0, 0.1) is 0 Å². The Balaban J connectivity index is -0.000000529. The number of rotatable bonds is 8. The molecule has 0 amide bonds. The molecule has 0 radical (unpaired) electrons. The summed E-state index contributed by atoms with van der Waals surface area (Å²) >= 11 is 0. The van der Waals surface area contributed by atoms with E-state index in [-0.39, 0.29) is 1.43 Å². The summed E-state index contributed by atoms with van der Waals surface area (Å²) in [6, 6.07) is 0. The monoisotopic (exact) mass is 279 g/mol. The first-order valence-corrected chi connectivity index (χ1v) is 7.72. The van der Waals surface area contributed by atoms with E-state index in [1.54, 1.807) is 0 Å². The summed E-state index contributed by atoms with van der Waals surface area (Å²) in [7, 11) is 0. The zero-order valence-corrected chi connectivity index (χ0v) is 13.4. The lowest BCUT2D eigenvalue weighted by Crippen LogP contribution is -2.44. The maximum Gasteiger partial charge on any atom is 0.0701 e. The maximum absolute atomic E-state index is 5.46. The third-order valence-corrected chi connectivity index (χ3v) is 2.40. The van der Waals surface area contributed by atoms with Crippen molar-refractivity contribution in [1.29, 1.82) is 0 Å². The second-order valence-corrected chi connectivity index (χ2v) is 3.61. The van der Waals surface area contributed by atoms with Crippen molar-refractivity contribution in [2.45, 2.75) is 27.7 Å². The van der Waals surface area contributed by atoms with E-state index in [1.165, 1.54) is 0 Å². The molecule has 0 aliphatic carbocycles. The van der Waals surface area contributed by atoms with Crippen LogP contribution in [-0.2, 0) is 9.47 Å². The van der Waals surface area contributed by atoms with E-state index in [1.807, 2.05) is 27.7 Å². The molecule has 0 bridgehead atoms. The van der Waals surface area contributed by atoms with Gasteiger partial charge in [-0.25, -0.2) is 0 Å². The van der Waals surface area contributed by atoms with Crippen molar-refractivity contribution in [2.75, 3.05) is 65.7 Å². The Hall–Kier alpha value is -0.200. The highest BCUT2D eigenvalue weighted by Crippen LogP contribution is 1.91. The number of hydrogen-bond donors (Lipinski definition) is 2. The molecule has 1 saturated heterocycles. The van der Waals surface area contributed by atoms with Crippen LogP contribution in [0.5, 0.6) is 0 Å². The van der Waals surface area contributed by atoms with E-state index in [4.69, 9.17) is 15.2 Å². The summed E-state index contributed by atoms with van der Waals surface area (Å²) in [5, 5.41) is 3.33. The molecule has 19 heavy (non-hydrogen) atoms. The van der Waals surface area contributed by atoms with Gasteiger partial charge in [0.1, 0.15) is 0 Å². The Morgan fingerprint density at radius 2 is 1.47 bits per heavy atom. The SMILES string of the molecule is CC.CC.NCCOCCOCCN1CCNCC1.[HH]. The van der Waals surface area contributed by atoms with E-state index >= 15 is 0 Å². The standard InChI is InChI=1S/C10H23N3O2.2C2H6.H2/c11-1-7-14-9-10-15-8-6-13-4-2-12-3-5-13;2*1-2;/h12H,1-11H2;2*1-2H3;1H. The highest BCUT2D eigenvalue weighted by Gasteiger charge is 2.07. The topological polar surface area (TPSA) is 59.8 Å². The second kappa shape index (κ2) is 20.1. The first-order valence-electron chi connectivity index (χ1n) is 7.72. The maximum atomic E-state index is 5.46. The molecule has 0 aromatic carbocycles. The normalized spacial score (nSPS) is 15.0. The van der Waals surface area contributed by atoms with Gasteiger partial charge in [-0.2, -0.15) is 0 Å². The Morgan fingerprint density at radius 3 is 2.00 bits per heavy atom. The fraction of sp³-hybridized carbons (Fsp3) is 1.00.